The minimum absolute atomic E-state index is 0.000818. The van der Waals surface area contributed by atoms with Crippen LogP contribution in [-0.2, 0) is 6.18 Å². The van der Waals surface area contributed by atoms with E-state index in [1.54, 1.807) is 11.0 Å². The molecule has 1 aliphatic rings. The number of carbonyl (C=O) groups excluding carboxylic acids is 1. The lowest BCUT2D eigenvalue weighted by atomic mass is 9.97. The molecule has 148 valence electrons. The van der Waals surface area contributed by atoms with E-state index < -0.39 is 11.9 Å². The van der Waals surface area contributed by atoms with Crippen molar-refractivity contribution in [1.82, 2.24) is 19.5 Å². The number of piperidine rings is 1. The van der Waals surface area contributed by atoms with Gasteiger partial charge in [-0.15, -0.1) is 0 Å². The van der Waals surface area contributed by atoms with E-state index in [1.165, 1.54) is 18.5 Å². The predicted molar refractivity (Wildman–Crippen MR) is 94.6 cm³/mol. The van der Waals surface area contributed by atoms with E-state index in [0.29, 0.717) is 4.52 Å². The Kier molecular flexibility index (Phi) is 4.40. The quantitative estimate of drug-likeness (QED) is 0.648. The Labute approximate surface area is 159 Å². The van der Waals surface area contributed by atoms with Crippen LogP contribution in [0.3, 0.4) is 0 Å². The molecule has 4 rings (SSSR count). The van der Waals surface area contributed by atoms with Crippen molar-refractivity contribution in [3.8, 4) is 11.5 Å². The number of amides is 1. The number of hydrogen-bond donors (Lipinski definition) is 0. The van der Waals surface area contributed by atoms with E-state index in [2.05, 4.69) is 10.1 Å². The molecule has 0 saturated carbocycles. The van der Waals surface area contributed by atoms with Crippen LogP contribution < -0.4 is 0 Å². The molecule has 6 nitrogen and oxygen atoms in total. The highest BCUT2D eigenvalue weighted by atomic mass is 19.4. The van der Waals surface area contributed by atoms with Gasteiger partial charge in [0.2, 0.25) is 0 Å². The van der Waals surface area contributed by atoms with E-state index >= 15 is 0 Å². The molecule has 2 unspecified atom stereocenters. The van der Waals surface area contributed by atoms with Crippen LogP contribution in [0.5, 0.6) is 0 Å². The van der Waals surface area contributed by atoms with Gasteiger partial charge in [0, 0.05) is 12.1 Å². The highest BCUT2D eigenvalue weighted by Gasteiger charge is 2.37. The van der Waals surface area contributed by atoms with Gasteiger partial charge in [0.1, 0.15) is 11.3 Å². The van der Waals surface area contributed by atoms with Crippen molar-refractivity contribution in [2.75, 3.05) is 0 Å². The second kappa shape index (κ2) is 6.65. The topological polar surface area (TPSA) is 63.6 Å². The van der Waals surface area contributed by atoms with E-state index in [4.69, 9.17) is 4.42 Å². The first-order chi connectivity index (χ1) is 13.3. The number of aromatic nitrogens is 3. The molecule has 3 aromatic heterocycles. The van der Waals surface area contributed by atoms with Gasteiger partial charge in [-0.05, 0) is 51.3 Å². The smallest absolute Gasteiger partial charge is 0.433 e. The molecule has 0 spiro atoms. The summed E-state index contributed by atoms with van der Waals surface area (Å²) < 4.78 is 46.7. The average molecular weight is 392 g/mol. The van der Waals surface area contributed by atoms with Crippen molar-refractivity contribution < 1.29 is 22.4 Å². The summed E-state index contributed by atoms with van der Waals surface area (Å²) in [5.41, 5.74) is -1.09. The number of alkyl halides is 3. The fourth-order valence-corrected chi connectivity index (χ4v) is 3.83. The summed E-state index contributed by atoms with van der Waals surface area (Å²) in [6.45, 7) is 3.89. The van der Waals surface area contributed by atoms with Crippen molar-refractivity contribution >= 4 is 11.6 Å². The number of furan rings is 1. The molecule has 0 aromatic carbocycles. The van der Waals surface area contributed by atoms with E-state index in [0.717, 1.165) is 25.3 Å². The van der Waals surface area contributed by atoms with Crippen LogP contribution in [0.25, 0.3) is 17.1 Å². The molecule has 1 saturated heterocycles. The summed E-state index contributed by atoms with van der Waals surface area (Å²) in [7, 11) is 0. The van der Waals surface area contributed by atoms with Crippen molar-refractivity contribution in [2.45, 2.75) is 51.4 Å². The Morgan fingerprint density at radius 3 is 2.57 bits per heavy atom. The minimum atomic E-state index is -4.67. The molecule has 0 radical (unpaired) electrons. The van der Waals surface area contributed by atoms with Gasteiger partial charge in [0.25, 0.3) is 5.91 Å². The fraction of sp³-hybridized carbons (Fsp3) is 0.421. The van der Waals surface area contributed by atoms with Gasteiger partial charge in [-0.1, -0.05) is 0 Å². The monoisotopic (exact) mass is 392 g/mol. The molecule has 28 heavy (non-hydrogen) atoms. The van der Waals surface area contributed by atoms with Crippen LogP contribution in [0.1, 0.15) is 49.2 Å². The highest BCUT2D eigenvalue weighted by molar-refractivity contribution is 6.00. The Hall–Kier alpha value is -2.84. The maximum Gasteiger partial charge on any atom is 0.433 e. The van der Waals surface area contributed by atoms with Crippen molar-refractivity contribution in [1.29, 1.82) is 0 Å². The maximum absolute atomic E-state index is 13.6. The van der Waals surface area contributed by atoms with Gasteiger partial charge in [-0.25, -0.2) is 9.50 Å². The van der Waals surface area contributed by atoms with Crippen LogP contribution in [0.15, 0.2) is 35.1 Å². The van der Waals surface area contributed by atoms with Gasteiger partial charge in [0.15, 0.2) is 17.1 Å². The lowest BCUT2D eigenvalue weighted by molar-refractivity contribution is -0.142. The summed E-state index contributed by atoms with van der Waals surface area (Å²) in [6, 6.07) is 3.96. The standard InChI is InChI=1S/C19H19F3N4O2/c1-11-5-3-6-12(2)25(11)18(27)13-10-23-26-16(19(20,21)22)9-14(24-17(13)26)15-7-4-8-28-15/h4,7-12H,3,5-6H2,1-2H3. The second-order valence-electron chi connectivity index (χ2n) is 7.14. The maximum atomic E-state index is 13.6. The lowest BCUT2D eigenvalue weighted by Gasteiger charge is -2.38. The zero-order valence-electron chi connectivity index (χ0n) is 15.4. The largest absolute Gasteiger partial charge is 0.463 e. The summed E-state index contributed by atoms with van der Waals surface area (Å²) in [4.78, 5) is 19.2. The Balaban J connectivity index is 1.88. The summed E-state index contributed by atoms with van der Waals surface area (Å²) in [5, 5.41) is 3.83. The third kappa shape index (κ3) is 3.04. The molecule has 0 N–H and O–H groups in total. The normalized spacial score (nSPS) is 20.7. The van der Waals surface area contributed by atoms with Crippen molar-refractivity contribution in [3.63, 3.8) is 0 Å². The summed E-state index contributed by atoms with van der Waals surface area (Å²) in [5.74, 6) is -0.167. The van der Waals surface area contributed by atoms with Crippen molar-refractivity contribution in [2.24, 2.45) is 0 Å². The molecule has 1 fully saturated rings. The molecule has 9 heteroatoms. The number of likely N-dealkylation sites (tertiary alicyclic amines) is 1. The average Bonchev–Trinajstić information content (AvgIpc) is 3.29. The molecule has 1 amide bonds. The van der Waals surface area contributed by atoms with Crippen LogP contribution in [-0.4, -0.2) is 37.5 Å². The zero-order chi connectivity index (χ0) is 20.1. The van der Waals surface area contributed by atoms with Gasteiger partial charge in [-0.3, -0.25) is 4.79 Å². The number of hydrogen-bond acceptors (Lipinski definition) is 4. The fourth-order valence-electron chi connectivity index (χ4n) is 3.83. The van der Waals surface area contributed by atoms with Crippen LogP contribution in [0, 0.1) is 0 Å². The molecule has 0 aliphatic carbocycles. The number of nitrogens with zero attached hydrogens (tertiary/aromatic N) is 4. The zero-order valence-corrected chi connectivity index (χ0v) is 15.4. The third-order valence-corrected chi connectivity index (χ3v) is 5.19. The van der Waals surface area contributed by atoms with Crippen LogP contribution >= 0.6 is 0 Å². The summed E-state index contributed by atoms with van der Waals surface area (Å²) in [6.07, 6.45) is 0.580. The van der Waals surface area contributed by atoms with Crippen molar-refractivity contribution in [3.05, 3.63) is 41.9 Å². The van der Waals surface area contributed by atoms with Crippen LogP contribution in [0.4, 0.5) is 13.2 Å². The number of halogens is 3. The molecule has 3 aromatic rings. The number of rotatable bonds is 2. The Morgan fingerprint density at radius 1 is 1.25 bits per heavy atom. The second-order valence-corrected chi connectivity index (χ2v) is 7.14. The van der Waals surface area contributed by atoms with Gasteiger partial charge >= 0.3 is 6.18 Å². The number of fused-ring (bicyclic) bond motifs is 1. The Morgan fingerprint density at radius 2 is 1.96 bits per heavy atom. The first-order valence-corrected chi connectivity index (χ1v) is 9.10. The molecular weight excluding hydrogens is 373 g/mol. The summed E-state index contributed by atoms with van der Waals surface area (Å²) >= 11 is 0. The molecule has 4 heterocycles. The predicted octanol–water partition coefficient (Wildman–Crippen LogP) is 4.41. The van der Waals surface area contributed by atoms with Gasteiger partial charge in [0.05, 0.1) is 12.5 Å². The minimum Gasteiger partial charge on any atom is -0.463 e. The SMILES string of the molecule is CC1CCCC(C)N1C(=O)c1cnn2c(C(F)(F)F)cc(-c3ccco3)nc12. The van der Waals surface area contributed by atoms with E-state index in [-0.39, 0.29) is 40.7 Å². The van der Waals surface area contributed by atoms with Gasteiger partial charge < -0.3 is 9.32 Å². The number of carbonyl (C=O) groups is 1. The first kappa shape index (κ1) is 18.5. The molecule has 2 atom stereocenters. The lowest BCUT2D eigenvalue weighted by Crippen LogP contribution is -2.47. The Bertz CT molecular complexity index is 1000. The molecular formula is C19H19F3N4O2. The van der Waals surface area contributed by atoms with Crippen LogP contribution in [0.2, 0.25) is 0 Å². The first-order valence-electron chi connectivity index (χ1n) is 9.10. The van der Waals surface area contributed by atoms with Gasteiger partial charge in [-0.2, -0.15) is 18.3 Å². The third-order valence-electron chi connectivity index (χ3n) is 5.19. The molecule has 0 bridgehead atoms. The molecule has 1 aliphatic heterocycles. The highest BCUT2D eigenvalue weighted by Crippen LogP contribution is 2.33. The van der Waals surface area contributed by atoms with E-state index in [9.17, 15) is 18.0 Å². The van der Waals surface area contributed by atoms with E-state index in [1.807, 2.05) is 13.8 Å².